The lowest BCUT2D eigenvalue weighted by molar-refractivity contribution is 0.0514. The highest BCUT2D eigenvalue weighted by Gasteiger charge is 2.33. The van der Waals surface area contributed by atoms with E-state index in [9.17, 15) is 0 Å². The zero-order chi connectivity index (χ0) is 10.8. The molecule has 0 spiro atoms. The Morgan fingerprint density at radius 3 is 2.60 bits per heavy atom. The van der Waals surface area contributed by atoms with Gasteiger partial charge in [0.25, 0.3) is 0 Å². The predicted octanol–water partition coefficient (Wildman–Crippen LogP) is 2.38. The summed E-state index contributed by atoms with van der Waals surface area (Å²) in [7, 11) is 0. The van der Waals surface area contributed by atoms with E-state index in [2.05, 4.69) is 18.7 Å². The van der Waals surface area contributed by atoms with Crippen LogP contribution in [0.3, 0.4) is 0 Å². The Labute approximate surface area is 94.2 Å². The summed E-state index contributed by atoms with van der Waals surface area (Å²) in [5, 5.41) is 0. The molecule has 2 fully saturated rings. The van der Waals surface area contributed by atoms with Gasteiger partial charge in [-0.15, -0.1) is 0 Å². The van der Waals surface area contributed by atoms with E-state index in [0.717, 1.165) is 24.5 Å². The van der Waals surface area contributed by atoms with Crippen molar-refractivity contribution >= 4 is 0 Å². The van der Waals surface area contributed by atoms with Gasteiger partial charge in [0.15, 0.2) is 0 Å². The topological polar surface area (TPSA) is 29.3 Å². The van der Waals surface area contributed by atoms with Crippen LogP contribution < -0.4 is 5.73 Å². The maximum Gasteiger partial charge on any atom is 0.0224 e. The Morgan fingerprint density at radius 1 is 1.27 bits per heavy atom. The second-order valence-corrected chi connectivity index (χ2v) is 5.64. The lowest BCUT2D eigenvalue weighted by atomic mass is 9.93. The molecular weight excluding hydrogens is 184 g/mol. The van der Waals surface area contributed by atoms with Crippen molar-refractivity contribution in [2.45, 2.75) is 70.5 Å². The first-order valence-corrected chi connectivity index (χ1v) is 6.70. The highest BCUT2D eigenvalue weighted by molar-refractivity contribution is 4.89. The average Bonchev–Trinajstić information content (AvgIpc) is 3.00. The SMILES string of the molecule is CC1CCCC(CN)N1C(C)CC1CC1. The number of hydrogen-bond acceptors (Lipinski definition) is 2. The number of piperidine rings is 1. The highest BCUT2D eigenvalue weighted by atomic mass is 15.2. The smallest absolute Gasteiger partial charge is 0.0224 e. The first-order valence-electron chi connectivity index (χ1n) is 6.70. The van der Waals surface area contributed by atoms with E-state index in [1.54, 1.807) is 0 Å². The average molecular weight is 210 g/mol. The second kappa shape index (κ2) is 4.84. The van der Waals surface area contributed by atoms with Crippen molar-refractivity contribution in [3.8, 4) is 0 Å². The van der Waals surface area contributed by atoms with Crippen LogP contribution in [0.25, 0.3) is 0 Å². The van der Waals surface area contributed by atoms with Crippen LogP contribution >= 0.6 is 0 Å². The van der Waals surface area contributed by atoms with Crippen molar-refractivity contribution in [3.05, 3.63) is 0 Å². The highest BCUT2D eigenvalue weighted by Crippen LogP contribution is 2.36. The Kier molecular flexibility index (Phi) is 3.68. The third kappa shape index (κ3) is 2.73. The largest absolute Gasteiger partial charge is 0.329 e. The van der Waals surface area contributed by atoms with Gasteiger partial charge >= 0.3 is 0 Å². The minimum Gasteiger partial charge on any atom is -0.329 e. The van der Waals surface area contributed by atoms with Gasteiger partial charge in [-0.1, -0.05) is 19.3 Å². The van der Waals surface area contributed by atoms with E-state index in [0.29, 0.717) is 6.04 Å². The molecule has 0 radical (unpaired) electrons. The molecule has 3 atom stereocenters. The van der Waals surface area contributed by atoms with Crippen molar-refractivity contribution in [3.63, 3.8) is 0 Å². The first kappa shape index (κ1) is 11.4. The van der Waals surface area contributed by atoms with Crippen molar-refractivity contribution in [1.29, 1.82) is 0 Å². The molecule has 1 aliphatic carbocycles. The van der Waals surface area contributed by atoms with Crippen molar-refractivity contribution in [2.75, 3.05) is 6.54 Å². The molecule has 1 saturated carbocycles. The van der Waals surface area contributed by atoms with Gasteiger partial charge in [-0.05, 0) is 39.0 Å². The van der Waals surface area contributed by atoms with E-state index >= 15 is 0 Å². The fourth-order valence-electron chi connectivity index (χ4n) is 3.30. The Morgan fingerprint density at radius 2 is 2.00 bits per heavy atom. The number of likely N-dealkylation sites (tertiary alicyclic amines) is 1. The minimum atomic E-state index is 0.655. The molecule has 2 N–H and O–H groups in total. The minimum absolute atomic E-state index is 0.655. The Hall–Kier alpha value is -0.0800. The molecule has 2 heteroatoms. The lowest BCUT2D eigenvalue weighted by Crippen LogP contribution is -2.53. The standard InChI is InChI=1S/C13H26N2/c1-10-4-3-5-13(9-14)15(10)11(2)8-12-6-7-12/h10-13H,3-9,14H2,1-2H3. The molecule has 2 nitrogen and oxygen atoms in total. The van der Waals surface area contributed by atoms with Crippen LogP contribution in [-0.4, -0.2) is 29.6 Å². The fraction of sp³-hybridized carbons (Fsp3) is 1.00. The first-order chi connectivity index (χ1) is 7.22. The molecule has 1 aliphatic heterocycles. The summed E-state index contributed by atoms with van der Waals surface area (Å²) in [6, 6.07) is 2.16. The van der Waals surface area contributed by atoms with E-state index in [-0.39, 0.29) is 0 Å². The van der Waals surface area contributed by atoms with Gasteiger partial charge in [0.2, 0.25) is 0 Å². The number of nitrogens with zero attached hydrogens (tertiary/aromatic N) is 1. The van der Waals surface area contributed by atoms with E-state index in [1.807, 2.05) is 0 Å². The fourth-order valence-corrected chi connectivity index (χ4v) is 3.30. The van der Waals surface area contributed by atoms with Crippen LogP contribution in [-0.2, 0) is 0 Å². The Balaban J connectivity index is 1.93. The van der Waals surface area contributed by atoms with Gasteiger partial charge < -0.3 is 5.73 Å². The van der Waals surface area contributed by atoms with Crippen LogP contribution in [0.2, 0.25) is 0 Å². The molecule has 2 rings (SSSR count). The maximum atomic E-state index is 5.90. The number of hydrogen-bond donors (Lipinski definition) is 1. The summed E-state index contributed by atoms with van der Waals surface area (Å²) in [6.45, 7) is 5.63. The normalized spacial score (nSPS) is 35.4. The molecule has 0 amide bonds. The van der Waals surface area contributed by atoms with E-state index in [1.165, 1.54) is 38.5 Å². The molecule has 15 heavy (non-hydrogen) atoms. The summed E-state index contributed by atoms with van der Waals surface area (Å²) in [4.78, 5) is 2.71. The third-order valence-corrected chi connectivity index (χ3v) is 4.24. The van der Waals surface area contributed by atoms with Crippen LogP contribution in [0.4, 0.5) is 0 Å². The van der Waals surface area contributed by atoms with Crippen LogP contribution in [0, 0.1) is 5.92 Å². The van der Waals surface area contributed by atoms with Crippen LogP contribution in [0.5, 0.6) is 0 Å². The lowest BCUT2D eigenvalue weighted by Gasteiger charge is -2.44. The third-order valence-electron chi connectivity index (χ3n) is 4.24. The van der Waals surface area contributed by atoms with Crippen LogP contribution in [0.15, 0.2) is 0 Å². The molecule has 1 heterocycles. The van der Waals surface area contributed by atoms with Gasteiger partial charge in [0.05, 0.1) is 0 Å². The van der Waals surface area contributed by atoms with Crippen molar-refractivity contribution in [1.82, 2.24) is 4.90 Å². The monoisotopic (exact) mass is 210 g/mol. The molecule has 0 aromatic rings. The van der Waals surface area contributed by atoms with Gasteiger partial charge in [0.1, 0.15) is 0 Å². The summed E-state index contributed by atoms with van der Waals surface area (Å²) in [5.74, 6) is 1.03. The molecule has 0 aromatic heterocycles. The predicted molar refractivity (Wildman–Crippen MR) is 64.8 cm³/mol. The van der Waals surface area contributed by atoms with Crippen LogP contribution in [0.1, 0.15) is 52.4 Å². The molecule has 3 unspecified atom stereocenters. The molecular formula is C13H26N2. The second-order valence-electron chi connectivity index (χ2n) is 5.64. The molecule has 1 saturated heterocycles. The van der Waals surface area contributed by atoms with Gasteiger partial charge in [-0.25, -0.2) is 0 Å². The zero-order valence-corrected chi connectivity index (χ0v) is 10.3. The van der Waals surface area contributed by atoms with Crippen molar-refractivity contribution in [2.24, 2.45) is 11.7 Å². The quantitative estimate of drug-likeness (QED) is 0.772. The number of nitrogens with two attached hydrogens (primary N) is 1. The summed E-state index contributed by atoms with van der Waals surface area (Å²) < 4.78 is 0. The summed E-state index contributed by atoms with van der Waals surface area (Å²) >= 11 is 0. The molecule has 2 aliphatic rings. The van der Waals surface area contributed by atoms with Gasteiger partial charge in [-0.2, -0.15) is 0 Å². The summed E-state index contributed by atoms with van der Waals surface area (Å²) in [5.41, 5.74) is 5.90. The molecule has 88 valence electrons. The zero-order valence-electron chi connectivity index (χ0n) is 10.3. The number of rotatable bonds is 4. The van der Waals surface area contributed by atoms with E-state index < -0.39 is 0 Å². The van der Waals surface area contributed by atoms with E-state index in [4.69, 9.17) is 5.73 Å². The molecule has 0 aromatic carbocycles. The van der Waals surface area contributed by atoms with Gasteiger partial charge in [0, 0.05) is 24.7 Å². The van der Waals surface area contributed by atoms with Gasteiger partial charge in [-0.3, -0.25) is 4.90 Å². The van der Waals surface area contributed by atoms with Crippen molar-refractivity contribution < 1.29 is 0 Å². The summed E-state index contributed by atoms with van der Waals surface area (Å²) in [6.07, 6.45) is 8.40. The Bertz CT molecular complexity index is 201. The maximum absolute atomic E-state index is 5.90. The molecule has 0 bridgehead atoms.